The van der Waals surface area contributed by atoms with E-state index in [1.807, 2.05) is 13.8 Å². The zero-order chi connectivity index (χ0) is 39.8. The number of fused-ring (bicyclic) bond motifs is 7. The summed E-state index contributed by atoms with van der Waals surface area (Å²) in [5, 5.41) is 24.4. The number of carboxylic acids is 1. The monoisotopic (exact) mass is 787 g/mol. The molecular weight excluding hydrogens is 713 g/mol. The number of carboxylic acid groups (broad SMARTS) is 1. The molecule has 1 aliphatic heterocycles. The molecule has 0 bridgehead atoms. The Labute approximate surface area is 332 Å². The maximum atomic E-state index is 13.5. The lowest BCUT2D eigenvalue weighted by atomic mass is 9.32. The lowest BCUT2D eigenvalue weighted by Crippen LogP contribution is -2.69. The quantitative estimate of drug-likeness (QED) is 0.201. The molecular formula is C45H74N2O7S. The Morgan fingerprint density at radius 3 is 2.07 bits per heavy atom. The Morgan fingerprint density at radius 2 is 1.45 bits per heavy atom. The lowest BCUT2D eigenvalue weighted by Gasteiger charge is -2.73. The highest BCUT2D eigenvalue weighted by Crippen LogP contribution is 2.78. The first-order chi connectivity index (χ1) is 25.6. The Balaban J connectivity index is 1.00. The number of hydrogen-bond acceptors (Lipinski definition) is 8. The van der Waals surface area contributed by atoms with Gasteiger partial charge >= 0.3 is 11.9 Å². The van der Waals surface area contributed by atoms with Gasteiger partial charge in [-0.05, 0) is 147 Å². The molecule has 0 radical (unpaired) electrons. The van der Waals surface area contributed by atoms with Gasteiger partial charge in [-0.2, -0.15) is 0 Å². The van der Waals surface area contributed by atoms with Crippen LogP contribution in [0.5, 0.6) is 0 Å². The molecule has 1 heterocycles. The molecule has 7 saturated carbocycles. The predicted octanol–water partition coefficient (Wildman–Crippen LogP) is 6.96. The Morgan fingerprint density at radius 1 is 0.764 bits per heavy atom. The van der Waals surface area contributed by atoms with Gasteiger partial charge in [-0.15, -0.1) is 0 Å². The van der Waals surface area contributed by atoms with Crippen LogP contribution >= 0.6 is 0 Å². The summed E-state index contributed by atoms with van der Waals surface area (Å²) in [6.45, 7) is 21.0. The topological polar surface area (TPSA) is 133 Å². The lowest BCUT2D eigenvalue weighted by molar-refractivity contribution is -0.248. The normalized spacial score (nSPS) is 47.9. The first-order valence-corrected chi connectivity index (χ1v) is 24.2. The van der Waals surface area contributed by atoms with E-state index >= 15 is 0 Å². The number of hydrogen-bond donors (Lipinski definition) is 3. The average molecular weight is 787 g/mol. The molecule has 0 aromatic rings. The van der Waals surface area contributed by atoms with Crippen LogP contribution in [-0.4, -0.2) is 90.9 Å². The first-order valence-electron chi connectivity index (χ1n) is 22.3. The molecule has 0 aromatic heterocycles. The Kier molecular flexibility index (Phi) is 9.68. The zero-order valence-corrected chi connectivity index (χ0v) is 36.2. The summed E-state index contributed by atoms with van der Waals surface area (Å²) in [5.41, 5.74) is 0.494. The van der Waals surface area contributed by atoms with Crippen molar-refractivity contribution in [2.75, 3.05) is 37.7 Å². The number of aliphatic hydroxyl groups excluding tert-OH is 1. The average Bonchev–Trinajstić information content (AvgIpc) is 3.94. The second-order valence-corrected chi connectivity index (χ2v) is 25.1. The standard InChI is InChI=1S/C45H74N2O7S/c1-39(2)31-12-16-44(8)32(42(31,6)15-13-33(39)54-38(51)36-35(37(49)50)40(36,3)4)10-9-30-34-29(41(5)18-19-41)11-17-45(34,21-20-43(30,44)7)46-22-14-28(27-48)47-23-25-55(52,53)26-24-47/h28-36,46,48H,9-27H2,1-8H3,(H,49,50)/t28?,29-,30-,31+,32-,33+,34-,35+,36-,42+,43-,44-,45+/m1/s1. The molecule has 8 fully saturated rings. The molecule has 312 valence electrons. The van der Waals surface area contributed by atoms with Gasteiger partial charge in [0.15, 0.2) is 9.84 Å². The van der Waals surface area contributed by atoms with Crippen molar-refractivity contribution in [3.8, 4) is 0 Å². The molecule has 7 aliphatic carbocycles. The summed E-state index contributed by atoms with van der Waals surface area (Å²) in [4.78, 5) is 27.6. The van der Waals surface area contributed by atoms with E-state index < -0.39 is 33.1 Å². The van der Waals surface area contributed by atoms with Crippen LogP contribution in [0.3, 0.4) is 0 Å². The molecule has 3 N–H and O–H groups in total. The number of sulfone groups is 1. The Hall–Kier alpha value is -1.23. The van der Waals surface area contributed by atoms with E-state index in [1.54, 1.807) is 0 Å². The summed E-state index contributed by atoms with van der Waals surface area (Å²) in [6, 6.07) is 0.000190. The third-order valence-electron chi connectivity index (χ3n) is 20.0. The van der Waals surface area contributed by atoms with Gasteiger partial charge in [0.1, 0.15) is 6.10 Å². The largest absolute Gasteiger partial charge is 0.481 e. The molecule has 1 unspecified atom stereocenters. The van der Waals surface area contributed by atoms with Crippen molar-refractivity contribution < 1.29 is 33.0 Å². The fourth-order valence-corrected chi connectivity index (χ4v) is 17.4. The predicted molar refractivity (Wildman–Crippen MR) is 214 cm³/mol. The molecule has 0 amide bonds. The smallest absolute Gasteiger partial charge is 0.310 e. The van der Waals surface area contributed by atoms with E-state index in [-0.39, 0.29) is 63.4 Å². The fraction of sp³-hybridized carbons (Fsp3) is 0.956. The number of aliphatic hydroxyl groups is 1. The third kappa shape index (κ3) is 6.06. The Bertz CT molecular complexity index is 1640. The van der Waals surface area contributed by atoms with Crippen LogP contribution in [0.2, 0.25) is 0 Å². The van der Waals surface area contributed by atoms with Crippen LogP contribution in [0.4, 0.5) is 0 Å². The second-order valence-electron chi connectivity index (χ2n) is 22.8. The first kappa shape index (κ1) is 40.5. The minimum Gasteiger partial charge on any atom is -0.481 e. The van der Waals surface area contributed by atoms with Crippen molar-refractivity contribution in [1.29, 1.82) is 0 Å². The van der Waals surface area contributed by atoms with Gasteiger partial charge in [-0.1, -0.05) is 55.4 Å². The molecule has 9 nitrogen and oxygen atoms in total. The van der Waals surface area contributed by atoms with E-state index in [2.05, 4.69) is 51.8 Å². The number of carbonyl (C=O) groups is 2. The highest BCUT2D eigenvalue weighted by Gasteiger charge is 2.73. The number of esters is 1. The van der Waals surface area contributed by atoms with Crippen molar-refractivity contribution in [2.45, 2.75) is 157 Å². The van der Waals surface area contributed by atoms with Gasteiger partial charge in [0.05, 0.1) is 29.9 Å². The maximum Gasteiger partial charge on any atom is 0.310 e. The highest BCUT2D eigenvalue weighted by atomic mass is 32.2. The van der Waals surface area contributed by atoms with Crippen LogP contribution in [0.25, 0.3) is 0 Å². The van der Waals surface area contributed by atoms with Crippen molar-refractivity contribution in [3.63, 3.8) is 0 Å². The third-order valence-corrected chi connectivity index (χ3v) is 21.6. The van der Waals surface area contributed by atoms with Crippen LogP contribution in [0.15, 0.2) is 0 Å². The number of carbonyl (C=O) groups excluding carboxylic acids is 1. The molecule has 55 heavy (non-hydrogen) atoms. The van der Waals surface area contributed by atoms with Crippen molar-refractivity contribution in [3.05, 3.63) is 0 Å². The van der Waals surface area contributed by atoms with Gasteiger partial charge < -0.3 is 20.3 Å². The molecule has 8 aliphatic rings. The molecule has 10 heteroatoms. The number of nitrogens with zero attached hydrogens (tertiary/aromatic N) is 1. The van der Waals surface area contributed by atoms with Gasteiger partial charge in [0.2, 0.25) is 0 Å². The maximum absolute atomic E-state index is 13.5. The number of nitrogens with one attached hydrogen (secondary N) is 1. The number of ether oxygens (including phenoxy) is 1. The zero-order valence-electron chi connectivity index (χ0n) is 35.4. The van der Waals surface area contributed by atoms with Crippen LogP contribution < -0.4 is 5.32 Å². The van der Waals surface area contributed by atoms with Crippen LogP contribution in [0.1, 0.15) is 139 Å². The van der Waals surface area contributed by atoms with E-state index in [0.29, 0.717) is 42.2 Å². The van der Waals surface area contributed by atoms with E-state index in [9.17, 15) is 28.2 Å². The van der Waals surface area contributed by atoms with Crippen LogP contribution in [-0.2, 0) is 24.2 Å². The summed E-state index contributed by atoms with van der Waals surface area (Å²) < 4.78 is 30.6. The molecule has 13 atom stereocenters. The van der Waals surface area contributed by atoms with E-state index in [0.717, 1.165) is 38.1 Å². The van der Waals surface area contributed by atoms with Gasteiger partial charge in [0, 0.05) is 30.1 Å². The SMILES string of the molecule is CC1([C@@H]2CC[C@]3(NCCC(CO)N4CCS(=O)(=O)CC4)CC[C@]4(C)[C@H](CC[C@@H]5[C@@]6(C)CC[C@H](OC(=O)[C@H]7[C@@H](C(=O)O)C7(C)C)C(C)(C)[C@@H]6CC[C@]54C)[C@@H]23)CC1. The molecule has 0 spiro atoms. The van der Waals surface area contributed by atoms with E-state index in [4.69, 9.17) is 4.74 Å². The van der Waals surface area contributed by atoms with Crippen molar-refractivity contribution in [2.24, 2.45) is 73.9 Å². The van der Waals surface area contributed by atoms with Crippen molar-refractivity contribution >= 4 is 21.8 Å². The summed E-state index contributed by atoms with van der Waals surface area (Å²) in [7, 11) is -2.96. The molecule has 8 rings (SSSR count). The van der Waals surface area contributed by atoms with Gasteiger partial charge in [-0.25, -0.2) is 8.42 Å². The second kappa shape index (κ2) is 13.1. The highest BCUT2D eigenvalue weighted by molar-refractivity contribution is 7.91. The fourth-order valence-electron chi connectivity index (χ4n) is 16.2. The molecule has 1 saturated heterocycles. The van der Waals surface area contributed by atoms with Crippen molar-refractivity contribution in [1.82, 2.24) is 10.2 Å². The number of rotatable bonds is 10. The summed E-state index contributed by atoms with van der Waals surface area (Å²) in [6.07, 6.45) is 15.2. The summed E-state index contributed by atoms with van der Waals surface area (Å²) >= 11 is 0. The van der Waals surface area contributed by atoms with Gasteiger partial charge in [-0.3, -0.25) is 14.5 Å². The van der Waals surface area contributed by atoms with Gasteiger partial charge in [0.25, 0.3) is 0 Å². The minimum atomic E-state index is -2.96. The number of aliphatic carboxylic acids is 1. The summed E-state index contributed by atoms with van der Waals surface area (Å²) in [5.74, 6) is 1.11. The minimum absolute atomic E-state index is 0.000190. The van der Waals surface area contributed by atoms with E-state index in [1.165, 1.54) is 57.8 Å². The van der Waals surface area contributed by atoms with Crippen LogP contribution in [0, 0.1) is 73.9 Å². The molecule has 0 aromatic carbocycles.